The van der Waals surface area contributed by atoms with E-state index in [1.54, 1.807) is 7.11 Å². The van der Waals surface area contributed by atoms with Gasteiger partial charge in [0.1, 0.15) is 5.75 Å². The van der Waals surface area contributed by atoms with E-state index in [-0.39, 0.29) is 0 Å². The van der Waals surface area contributed by atoms with Gasteiger partial charge in [-0.3, -0.25) is 0 Å². The predicted molar refractivity (Wildman–Crippen MR) is 80.9 cm³/mol. The summed E-state index contributed by atoms with van der Waals surface area (Å²) >= 11 is 6.21. The van der Waals surface area contributed by atoms with Crippen LogP contribution in [0.15, 0.2) is 36.4 Å². The average molecular weight is 276 g/mol. The third-order valence-electron chi connectivity index (χ3n) is 3.16. The first kappa shape index (κ1) is 13.9. The number of methoxy groups -OCH3 is 1. The van der Waals surface area contributed by atoms with E-state index >= 15 is 0 Å². The number of ether oxygens (including phenoxy) is 1. The van der Waals surface area contributed by atoms with E-state index in [2.05, 4.69) is 23.5 Å². The smallest absolute Gasteiger partial charge is 0.119 e. The second kappa shape index (κ2) is 6.09. The zero-order valence-electron chi connectivity index (χ0n) is 11.5. The molecule has 0 bridgehead atoms. The van der Waals surface area contributed by atoms with Crippen molar-refractivity contribution >= 4 is 11.6 Å². The van der Waals surface area contributed by atoms with Gasteiger partial charge in [0, 0.05) is 11.6 Å². The summed E-state index contributed by atoms with van der Waals surface area (Å²) in [5.74, 6) is 0.868. The van der Waals surface area contributed by atoms with Crippen LogP contribution in [0.1, 0.15) is 11.1 Å². The summed E-state index contributed by atoms with van der Waals surface area (Å²) in [5, 5.41) is 3.98. The fourth-order valence-electron chi connectivity index (χ4n) is 2.08. The Morgan fingerprint density at radius 3 is 2.58 bits per heavy atom. The molecule has 0 saturated carbocycles. The lowest BCUT2D eigenvalue weighted by atomic mass is 9.98. The normalized spacial score (nSPS) is 10.5. The minimum absolute atomic E-state index is 0.790. The lowest BCUT2D eigenvalue weighted by molar-refractivity contribution is 0.414. The van der Waals surface area contributed by atoms with Crippen molar-refractivity contribution in [1.29, 1.82) is 0 Å². The molecule has 2 nitrogen and oxygen atoms in total. The van der Waals surface area contributed by atoms with Gasteiger partial charge >= 0.3 is 0 Å². The average Bonchev–Trinajstić information content (AvgIpc) is 2.42. The molecular weight excluding hydrogens is 258 g/mol. The predicted octanol–water partition coefficient (Wildman–Crippen LogP) is 4.04. The fraction of sp³-hybridized carbons (Fsp3) is 0.250. The highest BCUT2D eigenvalue weighted by Gasteiger charge is 2.07. The van der Waals surface area contributed by atoms with Crippen LogP contribution >= 0.6 is 11.6 Å². The standard InChI is InChI=1S/C16H18ClNO/c1-11-4-5-12(9-16(11)17)15-7-6-14(19-3)8-13(15)10-18-2/h4-9,18H,10H2,1-3H3. The van der Waals surface area contributed by atoms with Crippen molar-refractivity contribution in [3.05, 3.63) is 52.5 Å². The number of halogens is 1. The highest BCUT2D eigenvalue weighted by molar-refractivity contribution is 6.31. The van der Waals surface area contributed by atoms with Crippen molar-refractivity contribution in [2.75, 3.05) is 14.2 Å². The van der Waals surface area contributed by atoms with E-state index in [4.69, 9.17) is 16.3 Å². The number of benzene rings is 2. The maximum absolute atomic E-state index is 6.21. The summed E-state index contributed by atoms with van der Waals surface area (Å²) in [6.45, 7) is 2.80. The van der Waals surface area contributed by atoms with Crippen LogP contribution in [0.5, 0.6) is 5.75 Å². The summed E-state index contributed by atoms with van der Waals surface area (Å²) in [5.41, 5.74) is 4.59. The first-order valence-electron chi connectivity index (χ1n) is 6.23. The molecule has 0 heterocycles. The Kier molecular flexibility index (Phi) is 4.46. The monoisotopic (exact) mass is 275 g/mol. The fourth-order valence-corrected chi connectivity index (χ4v) is 2.26. The first-order chi connectivity index (χ1) is 9.15. The molecule has 2 aromatic carbocycles. The van der Waals surface area contributed by atoms with Crippen molar-refractivity contribution in [2.24, 2.45) is 0 Å². The van der Waals surface area contributed by atoms with Crippen molar-refractivity contribution in [1.82, 2.24) is 5.32 Å². The molecule has 2 rings (SSSR count). The Balaban J connectivity index is 2.50. The van der Waals surface area contributed by atoms with Crippen molar-refractivity contribution < 1.29 is 4.74 Å². The molecule has 100 valence electrons. The summed E-state index contributed by atoms with van der Waals surface area (Å²) in [6.07, 6.45) is 0. The van der Waals surface area contributed by atoms with Gasteiger partial charge in [0.2, 0.25) is 0 Å². The molecule has 0 aromatic heterocycles. The molecule has 19 heavy (non-hydrogen) atoms. The van der Waals surface area contributed by atoms with E-state index in [9.17, 15) is 0 Å². The Labute approximate surface area is 119 Å². The second-order valence-electron chi connectivity index (χ2n) is 4.52. The number of hydrogen-bond acceptors (Lipinski definition) is 2. The van der Waals surface area contributed by atoms with Crippen LogP contribution in [0, 0.1) is 6.92 Å². The molecule has 2 aromatic rings. The Bertz CT molecular complexity index is 581. The summed E-state index contributed by atoms with van der Waals surface area (Å²) in [6, 6.07) is 12.3. The van der Waals surface area contributed by atoms with Crippen LogP contribution in [0.25, 0.3) is 11.1 Å². The zero-order chi connectivity index (χ0) is 13.8. The summed E-state index contributed by atoms with van der Waals surface area (Å²) in [4.78, 5) is 0. The maximum atomic E-state index is 6.21. The maximum Gasteiger partial charge on any atom is 0.119 e. The molecule has 0 fully saturated rings. The highest BCUT2D eigenvalue weighted by Crippen LogP contribution is 2.30. The highest BCUT2D eigenvalue weighted by atomic mass is 35.5. The number of aryl methyl sites for hydroxylation is 1. The van der Waals surface area contributed by atoms with Gasteiger partial charge in [-0.15, -0.1) is 0 Å². The Hall–Kier alpha value is -1.51. The quantitative estimate of drug-likeness (QED) is 0.909. The summed E-state index contributed by atoms with van der Waals surface area (Å²) < 4.78 is 5.28. The SMILES string of the molecule is CNCc1cc(OC)ccc1-c1ccc(C)c(Cl)c1. The van der Waals surface area contributed by atoms with Gasteiger partial charge in [-0.25, -0.2) is 0 Å². The molecule has 0 amide bonds. The van der Waals surface area contributed by atoms with Crippen LogP contribution in [0.2, 0.25) is 5.02 Å². The van der Waals surface area contributed by atoms with Gasteiger partial charge in [-0.2, -0.15) is 0 Å². The second-order valence-corrected chi connectivity index (χ2v) is 4.92. The lowest BCUT2D eigenvalue weighted by Crippen LogP contribution is -2.06. The first-order valence-corrected chi connectivity index (χ1v) is 6.61. The van der Waals surface area contributed by atoms with Gasteiger partial charge in [0.05, 0.1) is 7.11 Å². The van der Waals surface area contributed by atoms with Gasteiger partial charge in [0.25, 0.3) is 0 Å². The van der Waals surface area contributed by atoms with Crippen LogP contribution in [-0.4, -0.2) is 14.2 Å². The molecule has 0 spiro atoms. The third kappa shape index (κ3) is 3.09. The van der Waals surface area contributed by atoms with E-state index in [1.165, 1.54) is 11.1 Å². The molecular formula is C16H18ClNO. The van der Waals surface area contributed by atoms with Gasteiger partial charge in [-0.1, -0.05) is 29.8 Å². The van der Waals surface area contributed by atoms with E-state index in [1.807, 2.05) is 32.2 Å². The van der Waals surface area contributed by atoms with Gasteiger partial charge in [0.15, 0.2) is 0 Å². The minimum Gasteiger partial charge on any atom is -0.497 e. The van der Waals surface area contributed by atoms with E-state index in [0.717, 1.165) is 28.4 Å². The molecule has 0 aliphatic rings. The molecule has 0 aliphatic heterocycles. The molecule has 0 aliphatic carbocycles. The van der Waals surface area contributed by atoms with Crippen molar-refractivity contribution in [2.45, 2.75) is 13.5 Å². The van der Waals surface area contributed by atoms with Gasteiger partial charge in [-0.05, 0) is 54.4 Å². The van der Waals surface area contributed by atoms with Crippen LogP contribution < -0.4 is 10.1 Å². The summed E-state index contributed by atoms with van der Waals surface area (Å²) in [7, 11) is 3.62. The van der Waals surface area contributed by atoms with Crippen molar-refractivity contribution in [3.8, 4) is 16.9 Å². The van der Waals surface area contributed by atoms with E-state index < -0.39 is 0 Å². The lowest BCUT2D eigenvalue weighted by Gasteiger charge is -2.12. The zero-order valence-corrected chi connectivity index (χ0v) is 12.2. The largest absolute Gasteiger partial charge is 0.497 e. The molecule has 1 N–H and O–H groups in total. The topological polar surface area (TPSA) is 21.3 Å². The van der Waals surface area contributed by atoms with Crippen molar-refractivity contribution in [3.63, 3.8) is 0 Å². The third-order valence-corrected chi connectivity index (χ3v) is 3.57. The van der Waals surface area contributed by atoms with Crippen LogP contribution in [-0.2, 0) is 6.54 Å². The number of rotatable bonds is 4. The van der Waals surface area contributed by atoms with Crippen LogP contribution in [0.4, 0.5) is 0 Å². The Morgan fingerprint density at radius 1 is 1.16 bits per heavy atom. The molecule has 0 atom stereocenters. The van der Waals surface area contributed by atoms with Gasteiger partial charge < -0.3 is 10.1 Å². The van der Waals surface area contributed by atoms with Crippen LogP contribution in [0.3, 0.4) is 0 Å². The minimum atomic E-state index is 0.790. The molecule has 0 saturated heterocycles. The number of hydrogen-bond donors (Lipinski definition) is 1. The van der Waals surface area contributed by atoms with E-state index in [0.29, 0.717) is 0 Å². The number of nitrogens with one attached hydrogen (secondary N) is 1. The molecule has 0 radical (unpaired) electrons. The molecule has 0 unspecified atom stereocenters. The molecule has 3 heteroatoms. The Morgan fingerprint density at radius 2 is 1.95 bits per heavy atom.